The fraction of sp³-hybridized carbons (Fsp3) is 0. The lowest BCUT2D eigenvalue weighted by molar-refractivity contribution is 0.426. The van der Waals surface area contributed by atoms with E-state index in [0.29, 0.717) is 18.2 Å². The summed E-state index contributed by atoms with van der Waals surface area (Å²) in [5, 5.41) is 31.2. The van der Waals surface area contributed by atoms with E-state index < -0.39 is 58.8 Å². The largest absolute Gasteiger partial charge is 0.507 e. The molecule has 3 N–H and O–H groups in total. The zero-order chi connectivity index (χ0) is 24.7. The highest BCUT2D eigenvalue weighted by molar-refractivity contribution is 6.61. The van der Waals surface area contributed by atoms with Gasteiger partial charge in [0.05, 0.1) is 0 Å². The van der Waals surface area contributed by atoms with Crippen molar-refractivity contribution in [2.24, 2.45) is 0 Å². The van der Waals surface area contributed by atoms with Crippen molar-refractivity contribution in [1.29, 1.82) is 0 Å². The molecular weight excluding hydrogens is 461 g/mol. The molecule has 0 saturated heterocycles. The summed E-state index contributed by atoms with van der Waals surface area (Å²) in [5.41, 5.74) is -2.48. The second-order valence-corrected chi connectivity index (χ2v) is 7.46. The van der Waals surface area contributed by atoms with Crippen molar-refractivity contribution in [3.63, 3.8) is 0 Å². The van der Waals surface area contributed by atoms with Crippen molar-refractivity contribution in [2.45, 2.75) is 0 Å². The van der Waals surface area contributed by atoms with Gasteiger partial charge in [-0.05, 0) is 64.1 Å². The van der Waals surface area contributed by atoms with Crippen molar-refractivity contribution in [3.8, 4) is 39.1 Å². The fourth-order valence-corrected chi connectivity index (χ4v) is 3.81. The molecular formula is C24H13BF6O3. The van der Waals surface area contributed by atoms with Crippen LogP contribution in [-0.4, -0.2) is 22.3 Å². The molecule has 0 aliphatic rings. The second kappa shape index (κ2) is 8.88. The highest BCUT2D eigenvalue weighted by atomic mass is 19.2. The van der Waals surface area contributed by atoms with Crippen molar-refractivity contribution in [3.05, 3.63) is 95.6 Å². The number of benzene rings is 4. The van der Waals surface area contributed by atoms with Gasteiger partial charge in [0, 0.05) is 29.3 Å². The van der Waals surface area contributed by atoms with Gasteiger partial charge in [-0.1, -0.05) is 6.07 Å². The van der Waals surface area contributed by atoms with E-state index in [9.17, 15) is 41.5 Å². The minimum absolute atomic E-state index is 0.244. The first kappa shape index (κ1) is 23.4. The number of phenolic OH excluding ortho intramolecular Hbond substituents is 1. The minimum Gasteiger partial charge on any atom is -0.507 e. The molecule has 0 aliphatic carbocycles. The smallest absolute Gasteiger partial charge is 0.489 e. The molecule has 3 nitrogen and oxygen atoms in total. The Morgan fingerprint density at radius 3 is 1.21 bits per heavy atom. The van der Waals surface area contributed by atoms with Gasteiger partial charge in [-0.15, -0.1) is 0 Å². The predicted octanol–water partition coefficient (Wildman–Crippen LogP) is 4.91. The van der Waals surface area contributed by atoms with Crippen LogP contribution in [-0.2, 0) is 0 Å². The van der Waals surface area contributed by atoms with E-state index in [1.54, 1.807) is 0 Å². The van der Waals surface area contributed by atoms with Crippen LogP contribution in [0.2, 0.25) is 0 Å². The van der Waals surface area contributed by atoms with Crippen LogP contribution in [0.1, 0.15) is 0 Å². The summed E-state index contributed by atoms with van der Waals surface area (Å²) in [6.45, 7) is 0. The molecule has 0 saturated carbocycles. The first-order valence-corrected chi connectivity index (χ1v) is 9.69. The Kier molecular flexibility index (Phi) is 6.12. The lowest BCUT2D eigenvalue weighted by Gasteiger charge is -2.21. The van der Waals surface area contributed by atoms with Gasteiger partial charge in [0.2, 0.25) is 0 Å². The lowest BCUT2D eigenvalue weighted by Crippen LogP contribution is -2.32. The number of phenols is 1. The average molecular weight is 474 g/mol. The summed E-state index contributed by atoms with van der Waals surface area (Å²) >= 11 is 0. The predicted molar refractivity (Wildman–Crippen MR) is 114 cm³/mol. The number of hydrogen-bond acceptors (Lipinski definition) is 3. The zero-order valence-electron chi connectivity index (χ0n) is 17.0. The first-order chi connectivity index (χ1) is 16.0. The Morgan fingerprint density at radius 1 is 0.471 bits per heavy atom. The molecule has 0 bridgehead atoms. The van der Waals surface area contributed by atoms with Gasteiger partial charge in [0.15, 0.2) is 0 Å². The van der Waals surface area contributed by atoms with Crippen LogP contribution in [0.15, 0.2) is 60.7 Å². The van der Waals surface area contributed by atoms with Crippen LogP contribution < -0.4 is 5.46 Å². The van der Waals surface area contributed by atoms with Crippen LogP contribution in [0.3, 0.4) is 0 Å². The molecule has 4 aromatic rings. The molecule has 172 valence electrons. The molecule has 0 radical (unpaired) electrons. The maximum absolute atomic E-state index is 14.1. The van der Waals surface area contributed by atoms with E-state index >= 15 is 0 Å². The second-order valence-electron chi connectivity index (χ2n) is 7.46. The molecule has 4 rings (SSSR count). The maximum Gasteiger partial charge on any atom is 0.489 e. The number of aromatic hydroxyl groups is 1. The quantitative estimate of drug-likeness (QED) is 0.291. The molecule has 10 heteroatoms. The van der Waals surface area contributed by atoms with Crippen molar-refractivity contribution in [2.75, 3.05) is 0 Å². The van der Waals surface area contributed by atoms with Crippen LogP contribution in [0.25, 0.3) is 33.4 Å². The Labute approximate surface area is 189 Å². The molecule has 0 heterocycles. The van der Waals surface area contributed by atoms with Crippen LogP contribution >= 0.6 is 0 Å². The van der Waals surface area contributed by atoms with Gasteiger partial charge in [0.25, 0.3) is 0 Å². The van der Waals surface area contributed by atoms with Gasteiger partial charge in [-0.25, -0.2) is 26.3 Å². The maximum atomic E-state index is 14.1. The molecule has 0 atom stereocenters. The van der Waals surface area contributed by atoms with Crippen LogP contribution in [0.5, 0.6) is 5.75 Å². The SMILES string of the molecule is OB(O)c1cc(-c2cc(F)cc(F)c2)c(O)c(-c2cc(F)cc(F)c2)c1-c1cc(F)cc(F)c1. The Bertz CT molecular complexity index is 1360. The number of rotatable bonds is 4. The third-order valence-electron chi connectivity index (χ3n) is 5.08. The summed E-state index contributed by atoms with van der Waals surface area (Å²) in [4.78, 5) is 0. The average Bonchev–Trinajstić information content (AvgIpc) is 2.70. The molecule has 0 amide bonds. The molecule has 0 spiro atoms. The van der Waals surface area contributed by atoms with E-state index in [4.69, 9.17) is 0 Å². The Morgan fingerprint density at radius 2 is 0.824 bits per heavy atom. The Balaban J connectivity index is 2.19. The third kappa shape index (κ3) is 4.50. The minimum atomic E-state index is -2.32. The van der Waals surface area contributed by atoms with E-state index in [2.05, 4.69) is 0 Å². The van der Waals surface area contributed by atoms with Gasteiger partial charge >= 0.3 is 7.12 Å². The van der Waals surface area contributed by atoms with Gasteiger partial charge < -0.3 is 15.2 Å². The zero-order valence-corrected chi connectivity index (χ0v) is 17.0. The van der Waals surface area contributed by atoms with E-state index in [1.807, 2.05) is 0 Å². The summed E-state index contributed by atoms with van der Waals surface area (Å²) in [7, 11) is -2.32. The van der Waals surface area contributed by atoms with Gasteiger partial charge in [-0.2, -0.15) is 0 Å². The monoisotopic (exact) mass is 474 g/mol. The molecule has 4 aromatic carbocycles. The Hall–Kier alpha value is -3.76. The van der Waals surface area contributed by atoms with Crippen LogP contribution in [0, 0.1) is 34.9 Å². The third-order valence-corrected chi connectivity index (χ3v) is 5.08. The van der Waals surface area contributed by atoms with Gasteiger partial charge in [-0.3, -0.25) is 0 Å². The lowest BCUT2D eigenvalue weighted by atomic mass is 9.71. The molecule has 34 heavy (non-hydrogen) atoms. The van der Waals surface area contributed by atoms with Crippen LogP contribution in [0.4, 0.5) is 26.3 Å². The first-order valence-electron chi connectivity index (χ1n) is 9.69. The van der Waals surface area contributed by atoms with E-state index in [-0.39, 0.29) is 27.8 Å². The molecule has 0 fully saturated rings. The van der Waals surface area contributed by atoms with Crippen molar-refractivity contribution >= 4 is 12.6 Å². The van der Waals surface area contributed by atoms with Crippen molar-refractivity contribution in [1.82, 2.24) is 0 Å². The topological polar surface area (TPSA) is 60.7 Å². The highest BCUT2D eigenvalue weighted by Crippen LogP contribution is 2.44. The van der Waals surface area contributed by atoms with E-state index in [1.165, 1.54) is 0 Å². The highest BCUT2D eigenvalue weighted by Gasteiger charge is 2.28. The summed E-state index contributed by atoms with van der Waals surface area (Å²) in [5.74, 6) is -7.07. The summed E-state index contributed by atoms with van der Waals surface area (Å²) in [6, 6.07) is 7.47. The molecule has 0 aliphatic heterocycles. The summed E-state index contributed by atoms with van der Waals surface area (Å²) in [6.07, 6.45) is 0. The summed E-state index contributed by atoms with van der Waals surface area (Å²) < 4.78 is 83.9. The van der Waals surface area contributed by atoms with E-state index in [0.717, 1.165) is 42.5 Å². The molecule has 0 unspecified atom stereocenters. The number of hydrogen-bond donors (Lipinski definition) is 3. The number of halogens is 6. The fourth-order valence-electron chi connectivity index (χ4n) is 3.81. The standard InChI is InChI=1S/C24H13BF6O3/c26-14-1-11(2-15(27)7-14)20-10-21(25(33)34)22(12-3-16(28)8-17(29)4-12)23(24(20)32)13-5-18(30)9-19(31)6-13/h1-10,32-34H. The normalized spacial score (nSPS) is 11.1. The van der Waals surface area contributed by atoms with Crippen molar-refractivity contribution < 1.29 is 41.5 Å². The van der Waals surface area contributed by atoms with Gasteiger partial charge in [0.1, 0.15) is 40.7 Å². The molecule has 0 aromatic heterocycles.